The fraction of sp³-hybridized carbons (Fsp3) is 0.556. The minimum Gasteiger partial charge on any atom is -0.342 e. The standard InChI is InChI=1S/C18H25N3O2/c1-11-6-12(2)16(13(3)7-11)10-20-9-15-8-19(5)17(22)14(4)21(15)18(20)23/h6-7,14-15H,8-10H2,1-5H3/t14-,15+/m0/s1. The van der Waals surface area contributed by atoms with Gasteiger partial charge in [0.2, 0.25) is 5.91 Å². The second-order valence-electron chi connectivity index (χ2n) is 7.00. The van der Waals surface area contributed by atoms with Gasteiger partial charge >= 0.3 is 6.03 Å². The lowest BCUT2D eigenvalue weighted by Gasteiger charge is -2.38. The number of hydrogen-bond acceptors (Lipinski definition) is 2. The van der Waals surface area contributed by atoms with Crippen molar-refractivity contribution in [2.75, 3.05) is 20.1 Å². The Morgan fingerprint density at radius 1 is 1.09 bits per heavy atom. The van der Waals surface area contributed by atoms with Crippen LogP contribution in [0, 0.1) is 20.8 Å². The molecule has 0 aliphatic carbocycles. The van der Waals surface area contributed by atoms with Crippen LogP contribution < -0.4 is 0 Å². The van der Waals surface area contributed by atoms with Crippen molar-refractivity contribution in [3.05, 3.63) is 34.4 Å². The molecule has 0 spiro atoms. The van der Waals surface area contributed by atoms with Crippen molar-refractivity contribution in [1.82, 2.24) is 14.7 Å². The number of hydrogen-bond donors (Lipinski definition) is 0. The van der Waals surface area contributed by atoms with E-state index in [0.29, 0.717) is 19.6 Å². The summed E-state index contributed by atoms with van der Waals surface area (Å²) in [4.78, 5) is 30.3. The van der Waals surface area contributed by atoms with Gasteiger partial charge in [0.15, 0.2) is 0 Å². The molecule has 1 aromatic carbocycles. The molecule has 124 valence electrons. The van der Waals surface area contributed by atoms with E-state index in [0.717, 1.165) is 0 Å². The van der Waals surface area contributed by atoms with Gasteiger partial charge in [-0.05, 0) is 44.4 Å². The Morgan fingerprint density at radius 3 is 2.30 bits per heavy atom. The van der Waals surface area contributed by atoms with Crippen LogP contribution in [-0.4, -0.2) is 58.9 Å². The zero-order valence-corrected chi connectivity index (χ0v) is 14.6. The lowest BCUT2D eigenvalue weighted by molar-refractivity contribution is -0.139. The van der Waals surface area contributed by atoms with E-state index >= 15 is 0 Å². The van der Waals surface area contributed by atoms with Gasteiger partial charge in [-0.25, -0.2) is 4.79 Å². The molecule has 2 aliphatic rings. The Hall–Kier alpha value is -2.04. The van der Waals surface area contributed by atoms with Gasteiger partial charge in [0, 0.05) is 26.7 Å². The molecular weight excluding hydrogens is 290 g/mol. The number of piperazine rings is 1. The lowest BCUT2D eigenvalue weighted by Crippen LogP contribution is -2.58. The van der Waals surface area contributed by atoms with E-state index in [1.807, 2.05) is 18.9 Å². The van der Waals surface area contributed by atoms with Gasteiger partial charge in [-0.15, -0.1) is 0 Å². The topological polar surface area (TPSA) is 43.9 Å². The maximum Gasteiger partial charge on any atom is 0.321 e. The van der Waals surface area contributed by atoms with Crippen molar-refractivity contribution in [2.24, 2.45) is 0 Å². The van der Waals surface area contributed by atoms with Gasteiger partial charge in [-0.1, -0.05) is 17.7 Å². The third kappa shape index (κ3) is 2.58. The Bertz CT molecular complexity index is 647. The van der Waals surface area contributed by atoms with E-state index in [2.05, 4.69) is 32.9 Å². The summed E-state index contributed by atoms with van der Waals surface area (Å²) >= 11 is 0. The number of nitrogens with zero attached hydrogens (tertiary/aromatic N) is 3. The van der Waals surface area contributed by atoms with Crippen LogP contribution >= 0.6 is 0 Å². The van der Waals surface area contributed by atoms with E-state index in [-0.39, 0.29) is 24.0 Å². The van der Waals surface area contributed by atoms with E-state index in [1.54, 1.807) is 9.80 Å². The number of benzene rings is 1. The number of aryl methyl sites for hydroxylation is 3. The summed E-state index contributed by atoms with van der Waals surface area (Å²) in [6, 6.07) is 4.05. The molecule has 3 rings (SSSR count). The Labute approximate surface area is 137 Å². The molecule has 0 unspecified atom stereocenters. The maximum atomic E-state index is 12.8. The predicted octanol–water partition coefficient (Wildman–Crippen LogP) is 2.08. The van der Waals surface area contributed by atoms with Gasteiger partial charge in [-0.2, -0.15) is 0 Å². The van der Waals surface area contributed by atoms with Crippen LogP contribution in [0.15, 0.2) is 12.1 Å². The van der Waals surface area contributed by atoms with Gasteiger partial charge < -0.3 is 14.7 Å². The smallest absolute Gasteiger partial charge is 0.321 e. The van der Waals surface area contributed by atoms with Crippen molar-refractivity contribution in [3.63, 3.8) is 0 Å². The van der Waals surface area contributed by atoms with E-state index < -0.39 is 0 Å². The fourth-order valence-electron chi connectivity index (χ4n) is 3.99. The first-order valence-corrected chi connectivity index (χ1v) is 8.18. The molecule has 0 radical (unpaired) electrons. The molecule has 0 bridgehead atoms. The number of fused-ring (bicyclic) bond motifs is 1. The summed E-state index contributed by atoms with van der Waals surface area (Å²) in [6.45, 7) is 10.1. The molecule has 2 saturated heterocycles. The first-order chi connectivity index (χ1) is 10.8. The quantitative estimate of drug-likeness (QED) is 0.839. The van der Waals surface area contributed by atoms with Crippen LogP contribution in [0.4, 0.5) is 4.79 Å². The normalized spacial score (nSPS) is 24.5. The zero-order valence-electron chi connectivity index (χ0n) is 14.6. The highest BCUT2D eigenvalue weighted by atomic mass is 16.2. The molecule has 5 heteroatoms. The van der Waals surface area contributed by atoms with Crippen LogP contribution in [0.3, 0.4) is 0 Å². The van der Waals surface area contributed by atoms with Crippen LogP contribution in [0.25, 0.3) is 0 Å². The number of urea groups is 1. The molecule has 0 N–H and O–H groups in total. The van der Waals surface area contributed by atoms with Crippen molar-refractivity contribution < 1.29 is 9.59 Å². The molecule has 2 fully saturated rings. The van der Waals surface area contributed by atoms with Gasteiger partial charge in [0.1, 0.15) is 6.04 Å². The van der Waals surface area contributed by atoms with E-state index in [9.17, 15) is 9.59 Å². The van der Waals surface area contributed by atoms with Crippen molar-refractivity contribution >= 4 is 11.9 Å². The molecule has 0 saturated carbocycles. The highest BCUT2D eigenvalue weighted by Crippen LogP contribution is 2.27. The number of likely N-dealkylation sites (N-methyl/N-ethyl adjacent to an activating group) is 1. The van der Waals surface area contributed by atoms with Crippen molar-refractivity contribution in [2.45, 2.75) is 46.3 Å². The number of rotatable bonds is 2. The van der Waals surface area contributed by atoms with Crippen molar-refractivity contribution in [3.8, 4) is 0 Å². The zero-order chi connectivity index (χ0) is 16.9. The Morgan fingerprint density at radius 2 is 1.70 bits per heavy atom. The number of carbonyl (C=O) groups excluding carboxylic acids is 2. The SMILES string of the molecule is Cc1cc(C)c(CN2C[C@H]3CN(C)C(=O)[C@H](C)N3C2=O)c(C)c1. The Kier molecular flexibility index (Phi) is 3.82. The molecule has 2 atom stereocenters. The fourth-order valence-corrected chi connectivity index (χ4v) is 3.99. The minimum atomic E-state index is -0.364. The van der Waals surface area contributed by atoms with Crippen molar-refractivity contribution in [1.29, 1.82) is 0 Å². The largest absolute Gasteiger partial charge is 0.342 e. The second kappa shape index (κ2) is 5.55. The van der Waals surface area contributed by atoms with Crippen LogP contribution in [-0.2, 0) is 11.3 Å². The molecule has 3 amide bonds. The maximum absolute atomic E-state index is 12.8. The monoisotopic (exact) mass is 315 g/mol. The molecular formula is C18H25N3O2. The van der Waals surface area contributed by atoms with E-state index in [4.69, 9.17) is 0 Å². The molecule has 2 heterocycles. The summed E-state index contributed by atoms with van der Waals surface area (Å²) in [5, 5.41) is 0. The molecule has 0 aromatic heterocycles. The molecule has 2 aliphatic heterocycles. The summed E-state index contributed by atoms with van der Waals surface area (Å²) in [7, 11) is 1.82. The summed E-state index contributed by atoms with van der Waals surface area (Å²) in [5.74, 6) is 0.0270. The lowest BCUT2D eigenvalue weighted by atomic mass is 9.99. The summed E-state index contributed by atoms with van der Waals surface area (Å²) in [6.07, 6.45) is 0. The van der Waals surface area contributed by atoms with Crippen LogP contribution in [0.5, 0.6) is 0 Å². The van der Waals surface area contributed by atoms with Crippen LogP contribution in [0.1, 0.15) is 29.2 Å². The summed E-state index contributed by atoms with van der Waals surface area (Å²) in [5.41, 5.74) is 4.91. The third-order valence-electron chi connectivity index (χ3n) is 5.14. The van der Waals surface area contributed by atoms with Gasteiger partial charge in [0.25, 0.3) is 0 Å². The predicted molar refractivity (Wildman–Crippen MR) is 89.2 cm³/mol. The number of amides is 3. The average Bonchev–Trinajstić information content (AvgIpc) is 2.76. The highest BCUT2D eigenvalue weighted by Gasteiger charge is 2.46. The van der Waals surface area contributed by atoms with Crippen LogP contribution in [0.2, 0.25) is 0 Å². The minimum absolute atomic E-state index is 0.0108. The first-order valence-electron chi connectivity index (χ1n) is 8.18. The number of carbonyl (C=O) groups is 2. The molecule has 23 heavy (non-hydrogen) atoms. The second-order valence-corrected chi connectivity index (χ2v) is 7.00. The molecule has 5 nitrogen and oxygen atoms in total. The van der Waals surface area contributed by atoms with Gasteiger partial charge in [0.05, 0.1) is 6.04 Å². The average molecular weight is 315 g/mol. The summed E-state index contributed by atoms with van der Waals surface area (Å²) < 4.78 is 0. The third-order valence-corrected chi connectivity index (χ3v) is 5.14. The van der Waals surface area contributed by atoms with Gasteiger partial charge in [-0.3, -0.25) is 4.79 Å². The Balaban J connectivity index is 1.84. The highest BCUT2D eigenvalue weighted by molar-refractivity contribution is 5.89. The first kappa shape index (κ1) is 15.8. The molecule has 1 aromatic rings. The van der Waals surface area contributed by atoms with E-state index in [1.165, 1.54) is 22.3 Å².